The normalized spacial score (nSPS) is 15.8. The fraction of sp³-hybridized carbons (Fsp3) is 0.556. The van der Waals surface area contributed by atoms with Crippen molar-refractivity contribution in [1.29, 1.82) is 0 Å². The lowest BCUT2D eigenvalue weighted by Crippen LogP contribution is -2.17. The lowest BCUT2D eigenvalue weighted by molar-refractivity contribution is -0.137. The highest BCUT2D eigenvalue weighted by Crippen LogP contribution is 2.30. The summed E-state index contributed by atoms with van der Waals surface area (Å²) in [6.45, 7) is -0.287. The number of hydrogen-bond acceptors (Lipinski definition) is 4. The van der Waals surface area contributed by atoms with Gasteiger partial charge in [-0.3, -0.25) is 14.2 Å². The largest absolute Gasteiger partial charge is 0.480 e. The van der Waals surface area contributed by atoms with Crippen molar-refractivity contribution in [3.63, 3.8) is 0 Å². The van der Waals surface area contributed by atoms with Crippen LogP contribution in [0.3, 0.4) is 0 Å². The Bertz CT molecular complexity index is 518. The van der Waals surface area contributed by atoms with Crippen LogP contribution in [0.15, 0.2) is 12.4 Å². The molecule has 1 aliphatic rings. The van der Waals surface area contributed by atoms with E-state index in [2.05, 4.69) is 9.82 Å². The van der Waals surface area contributed by atoms with Gasteiger partial charge in [0.1, 0.15) is 6.54 Å². The topological polar surface area (TPSA) is 101 Å². The van der Waals surface area contributed by atoms with Gasteiger partial charge in [-0.15, -0.1) is 0 Å². The molecule has 1 fully saturated rings. The first-order valence-electron chi connectivity index (χ1n) is 5.19. The number of carbonyl (C=O) groups is 1. The third-order valence-corrected chi connectivity index (χ3v) is 3.81. The fourth-order valence-electron chi connectivity index (χ4n) is 1.46. The van der Waals surface area contributed by atoms with Crippen LogP contribution in [-0.4, -0.2) is 35.0 Å². The van der Waals surface area contributed by atoms with Crippen LogP contribution in [0.25, 0.3) is 0 Å². The zero-order valence-corrected chi connectivity index (χ0v) is 9.85. The molecule has 1 saturated carbocycles. The van der Waals surface area contributed by atoms with E-state index in [-0.39, 0.29) is 18.2 Å². The van der Waals surface area contributed by atoms with Gasteiger partial charge in [0.05, 0.1) is 17.6 Å². The Morgan fingerprint density at radius 2 is 2.29 bits per heavy atom. The number of nitrogens with zero attached hydrogens (tertiary/aromatic N) is 2. The maximum Gasteiger partial charge on any atom is 0.325 e. The predicted octanol–water partition coefficient (Wildman–Crippen LogP) is 0.119. The van der Waals surface area contributed by atoms with Crippen LogP contribution in [0.1, 0.15) is 12.8 Å². The highest BCUT2D eigenvalue weighted by atomic mass is 32.2. The molecule has 2 N–H and O–H groups in total. The summed E-state index contributed by atoms with van der Waals surface area (Å²) in [5.74, 6) is -0.640. The number of rotatable bonds is 6. The number of anilines is 1. The molecule has 1 aromatic rings. The van der Waals surface area contributed by atoms with Crippen molar-refractivity contribution < 1.29 is 18.3 Å². The average molecular weight is 259 g/mol. The molecule has 2 rings (SSSR count). The molecule has 0 bridgehead atoms. The first-order chi connectivity index (χ1) is 7.94. The van der Waals surface area contributed by atoms with Gasteiger partial charge in [0.15, 0.2) is 0 Å². The van der Waals surface area contributed by atoms with Crippen molar-refractivity contribution in [2.24, 2.45) is 5.92 Å². The standard InChI is InChI=1S/C9H13N3O4S/c13-9(14)5-12-4-8(3-10-12)11-17(15,16)6-7-1-2-7/h3-4,7,11H,1-2,5-6H2,(H,13,14). The van der Waals surface area contributed by atoms with Gasteiger partial charge in [0, 0.05) is 6.20 Å². The molecular weight excluding hydrogens is 246 g/mol. The Hall–Kier alpha value is -1.57. The Kier molecular flexibility index (Phi) is 3.05. The molecule has 17 heavy (non-hydrogen) atoms. The van der Waals surface area contributed by atoms with Crippen molar-refractivity contribution in [3.05, 3.63) is 12.4 Å². The molecule has 0 saturated heterocycles. The van der Waals surface area contributed by atoms with E-state index in [0.29, 0.717) is 5.69 Å². The van der Waals surface area contributed by atoms with Crippen LogP contribution in [0, 0.1) is 5.92 Å². The number of carboxylic acids is 1. The Morgan fingerprint density at radius 1 is 1.59 bits per heavy atom. The summed E-state index contributed by atoms with van der Waals surface area (Å²) in [7, 11) is -3.34. The molecule has 8 heteroatoms. The molecule has 7 nitrogen and oxygen atoms in total. The van der Waals surface area contributed by atoms with E-state index in [1.165, 1.54) is 12.4 Å². The van der Waals surface area contributed by atoms with Crippen molar-refractivity contribution in [2.45, 2.75) is 19.4 Å². The molecule has 0 atom stereocenters. The van der Waals surface area contributed by atoms with Gasteiger partial charge in [-0.2, -0.15) is 5.10 Å². The molecule has 0 aliphatic heterocycles. The Balaban J connectivity index is 1.97. The van der Waals surface area contributed by atoms with E-state index in [1.807, 2.05) is 0 Å². The fourth-order valence-corrected chi connectivity index (χ4v) is 2.96. The zero-order valence-electron chi connectivity index (χ0n) is 9.04. The second kappa shape index (κ2) is 4.36. The highest BCUT2D eigenvalue weighted by molar-refractivity contribution is 7.92. The Labute approximate surface area is 98.5 Å². The molecule has 0 aromatic carbocycles. The number of sulfonamides is 1. The summed E-state index contributed by atoms with van der Waals surface area (Å²) in [4.78, 5) is 10.4. The quantitative estimate of drug-likeness (QED) is 0.755. The minimum Gasteiger partial charge on any atom is -0.480 e. The maximum absolute atomic E-state index is 11.6. The van der Waals surface area contributed by atoms with Crippen LogP contribution in [-0.2, 0) is 21.4 Å². The van der Waals surface area contributed by atoms with E-state index < -0.39 is 16.0 Å². The molecule has 0 radical (unpaired) electrons. The molecule has 1 aromatic heterocycles. The van der Waals surface area contributed by atoms with Gasteiger partial charge >= 0.3 is 5.97 Å². The summed E-state index contributed by atoms with van der Waals surface area (Å²) in [6, 6.07) is 0. The third-order valence-electron chi connectivity index (χ3n) is 2.36. The van der Waals surface area contributed by atoms with E-state index in [4.69, 9.17) is 5.11 Å². The van der Waals surface area contributed by atoms with Crippen LogP contribution >= 0.6 is 0 Å². The van der Waals surface area contributed by atoms with E-state index >= 15 is 0 Å². The van der Waals surface area contributed by atoms with Crippen molar-refractivity contribution in [3.8, 4) is 0 Å². The number of carboxylic acid groups (broad SMARTS) is 1. The van der Waals surface area contributed by atoms with Gasteiger partial charge in [-0.05, 0) is 18.8 Å². The SMILES string of the molecule is O=C(O)Cn1cc(NS(=O)(=O)CC2CC2)cn1. The minimum atomic E-state index is -3.34. The van der Waals surface area contributed by atoms with E-state index in [1.54, 1.807) is 0 Å². The first kappa shape index (κ1) is 11.9. The summed E-state index contributed by atoms with van der Waals surface area (Å²) in [5, 5.41) is 12.3. The van der Waals surface area contributed by atoms with E-state index in [0.717, 1.165) is 17.5 Å². The predicted molar refractivity (Wildman–Crippen MR) is 60.0 cm³/mol. The maximum atomic E-state index is 11.6. The second-order valence-electron chi connectivity index (χ2n) is 4.15. The lowest BCUT2D eigenvalue weighted by atomic mass is 10.5. The highest BCUT2D eigenvalue weighted by Gasteiger charge is 2.28. The smallest absolute Gasteiger partial charge is 0.325 e. The van der Waals surface area contributed by atoms with Crippen LogP contribution < -0.4 is 4.72 Å². The molecule has 0 unspecified atom stereocenters. The molecule has 1 heterocycles. The van der Waals surface area contributed by atoms with Gasteiger partial charge in [-0.25, -0.2) is 8.42 Å². The minimum absolute atomic E-state index is 0.122. The van der Waals surface area contributed by atoms with Crippen LogP contribution in [0.4, 0.5) is 5.69 Å². The van der Waals surface area contributed by atoms with Crippen LogP contribution in [0.5, 0.6) is 0 Å². The van der Waals surface area contributed by atoms with E-state index in [9.17, 15) is 13.2 Å². The summed E-state index contributed by atoms with van der Waals surface area (Å²) < 4.78 is 26.8. The summed E-state index contributed by atoms with van der Waals surface area (Å²) in [5.41, 5.74) is 0.298. The van der Waals surface area contributed by atoms with Crippen molar-refractivity contribution >= 4 is 21.7 Å². The monoisotopic (exact) mass is 259 g/mol. The van der Waals surface area contributed by atoms with Gasteiger partial charge in [0.25, 0.3) is 0 Å². The summed E-state index contributed by atoms with van der Waals surface area (Å²) in [6.07, 6.45) is 4.57. The number of aromatic nitrogens is 2. The molecule has 0 spiro atoms. The number of nitrogens with one attached hydrogen (secondary N) is 1. The molecule has 1 aliphatic carbocycles. The zero-order chi connectivity index (χ0) is 12.5. The number of hydrogen-bond donors (Lipinski definition) is 2. The van der Waals surface area contributed by atoms with Gasteiger partial charge in [0.2, 0.25) is 10.0 Å². The Morgan fingerprint density at radius 3 is 2.88 bits per heavy atom. The summed E-state index contributed by atoms with van der Waals surface area (Å²) >= 11 is 0. The molecule has 0 amide bonds. The average Bonchev–Trinajstić information content (AvgIpc) is 2.86. The number of aliphatic carboxylic acids is 1. The van der Waals surface area contributed by atoms with Crippen LogP contribution in [0.2, 0.25) is 0 Å². The second-order valence-corrected chi connectivity index (χ2v) is 5.91. The van der Waals surface area contributed by atoms with Gasteiger partial charge < -0.3 is 5.11 Å². The van der Waals surface area contributed by atoms with Crippen molar-refractivity contribution in [1.82, 2.24) is 9.78 Å². The van der Waals surface area contributed by atoms with Gasteiger partial charge in [-0.1, -0.05) is 0 Å². The molecular formula is C9H13N3O4S. The lowest BCUT2D eigenvalue weighted by Gasteiger charge is -2.03. The van der Waals surface area contributed by atoms with Crippen molar-refractivity contribution in [2.75, 3.05) is 10.5 Å². The first-order valence-corrected chi connectivity index (χ1v) is 6.84. The molecule has 94 valence electrons. The third kappa shape index (κ3) is 3.74.